The van der Waals surface area contributed by atoms with E-state index in [1.807, 2.05) is 39.0 Å². The van der Waals surface area contributed by atoms with E-state index in [2.05, 4.69) is 31.2 Å². The number of aromatic nitrogens is 2. The molecule has 8 heteroatoms. The molecule has 0 saturated carbocycles. The van der Waals surface area contributed by atoms with Gasteiger partial charge in [-0.3, -0.25) is 0 Å². The molecule has 0 fully saturated rings. The van der Waals surface area contributed by atoms with E-state index < -0.39 is 0 Å². The lowest BCUT2D eigenvalue weighted by Crippen LogP contribution is -2.32. The molecule has 26 heavy (non-hydrogen) atoms. The fourth-order valence-corrected chi connectivity index (χ4v) is 2.24. The van der Waals surface area contributed by atoms with Crippen molar-refractivity contribution in [2.24, 2.45) is 0 Å². The first-order valence-corrected chi connectivity index (χ1v) is 8.71. The van der Waals surface area contributed by atoms with Crippen molar-refractivity contribution in [3.8, 4) is 5.75 Å². The quantitative estimate of drug-likeness (QED) is 0.514. The third-order valence-corrected chi connectivity index (χ3v) is 3.33. The van der Waals surface area contributed by atoms with Gasteiger partial charge in [-0.1, -0.05) is 0 Å². The molecule has 4 N–H and O–H groups in total. The summed E-state index contributed by atoms with van der Waals surface area (Å²) in [7, 11) is 0. The van der Waals surface area contributed by atoms with Crippen molar-refractivity contribution in [3.63, 3.8) is 0 Å². The molecule has 0 aliphatic rings. The first-order chi connectivity index (χ1) is 12.6. The van der Waals surface area contributed by atoms with Crippen LogP contribution in [0.2, 0.25) is 0 Å². The molecule has 8 nitrogen and oxygen atoms in total. The summed E-state index contributed by atoms with van der Waals surface area (Å²) in [5.41, 5.74) is 1.58. The SMILES string of the molecule is CCNc1nc(C)cc(NCCNC(=O)Nc2ccc(OCC)cc2)n1. The van der Waals surface area contributed by atoms with Gasteiger partial charge in [-0.15, -0.1) is 0 Å². The second-order valence-electron chi connectivity index (χ2n) is 5.51. The van der Waals surface area contributed by atoms with Gasteiger partial charge in [-0.2, -0.15) is 4.98 Å². The maximum absolute atomic E-state index is 11.9. The van der Waals surface area contributed by atoms with Crippen LogP contribution in [-0.2, 0) is 0 Å². The van der Waals surface area contributed by atoms with E-state index in [-0.39, 0.29) is 6.03 Å². The molecular formula is C18H26N6O2. The number of carbonyl (C=O) groups excluding carboxylic acids is 1. The Labute approximate surface area is 153 Å². The van der Waals surface area contributed by atoms with Gasteiger partial charge in [0.15, 0.2) is 0 Å². The average molecular weight is 358 g/mol. The van der Waals surface area contributed by atoms with Crippen molar-refractivity contribution >= 4 is 23.5 Å². The lowest BCUT2D eigenvalue weighted by atomic mass is 10.3. The second-order valence-corrected chi connectivity index (χ2v) is 5.51. The van der Waals surface area contributed by atoms with E-state index in [9.17, 15) is 4.79 Å². The molecule has 1 aromatic carbocycles. The minimum Gasteiger partial charge on any atom is -0.494 e. The predicted octanol–water partition coefficient (Wildman–Crippen LogP) is 2.85. The highest BCUT2D eigenvalue weighted by atomic mass is 16.5. The Balaban J connectivity index is 1.73. The van der Waals surface area contributed by atoms with Crippen molar-refractivity contribution in [2.75, 3.05) is 42.2 Å². The van der Waals surface area contributed by atoms with E-state index >= 15 is 0 Å². The third-order valence-electron chi connectivity index (χ3n) is 3.33. The largest absolute Gasteiger partial charge is 0.494 e. The van der Waals surface area contributed by atoms with E-state index in [1.54, 1.807) is 12.1 Å². The normalized spacial score (nSPS) is 10.1. The highest BCUT2D eigenvalue weighted by molar-refractivity contribution is 5.89. The molecule has 1 aromatic heterocycles. The van der Waals surface area contributed by atoms with Crippen LogP contribution in [0.5, 0.6) is 5.75 Å². The Morgan fingerprint density at radius 3 is 2.54 bits per heavy atom. The summed E-state index contributed by atoms with van der Waals surface area (Å²) in [6.45, 7) is 8.22. The van der Waals surface area contributed by atoms with Crippen molar-refractivity contribution in [1.82, 2.24) is 15.3 Å². The highest BCUT2D eigenvalue weighted by Gasteiger charge is 2.03. The third kappa shape index (κ3) is 6.46. The zero-order chi connectivity index (χ0) is 18.8. The molecule has 0 atom stereocenters. The van der Waals surface area contributed by atoms with Crippen LogP contribution in [0.3, 0.4) is 0 Å². The van der Waals surface area contributed by atoms with E-state index in [0.29, 0.717) is 31.3 Å². The number of ether oxygens (including phenoxy) is 1. The van der Waals surface area contributed by atoms with Gasteiger partial charge in [0.05, 0.1) is 6.61 Å². The summed E-state index contributed by atoms with van der Waals surface area (Å²) < 4.78 is 5.37. The molecule has 0 aliphatic heterocycles. The molecule has 2 rings (SSSR count). The molecule has 2 aromatic rings. The molecule has 0 radical (unpaired) electrons. The van der Waals surface area contributed by atoms with Crippen LogP contribution in [0.25, 0.3) is 0 Å². The van der Waals surface area contributed by atoms with Gasteiger partial charge in [0.25, 0.3) is 0 Å². The van der Waals surface area contributed by atoms with Crippen molar-refractivity contribution < 1.29 is 9.53 Å². The minimum absolute atomic E-state index is 0.261. The molecule has 2 amide bonds. The Hall–Kier alpha value is -3.03. The number of benzene rings is 1. The topological polar surface area (TPSA) is 100 Å². The van der Waals surface area contributed by atoms with Gasteiger partial charge in [0.1, 0.15) is 11.6 Å². The number of aryl methyl sites for hydroxylation is 1. The number of hydrogen-bond acceptors (Lipinski definition) is 6. The van der Waals surface area contributed by atoms with Crippen LogP contribution in [0.4, 0.5) is 22.2 Å². The maximum Gasteiger partial charge on any atom is 0.319 e. The monoisotopic (exact) mass is 358 g/mol. The number of urea groups is 1. The molecule has 0 bridgehead atoms. The first-order valence-electron chi connectivity index (χ1n) is 8.71. The van der Waals surface area contributed by atoms with Crippen LogP contribution in [0.15, 0.2) is 30.3 Å². The summed E-state index contributed by atoms with van der Waals surface area (Å²) in [6, 6.07) is 8.84. The Morgan fingerprint density at radius 1 is 1.08 bits per heavy atom. The van der Waals surface area contributed by atoms with Crippen LogP contribution >= 0.6 is 0 Å². The van der Waals surface area contributed by atoms with Crippen molar-refractivity contribution in [3.05, 3.63) is 36.0 Å². The van der Waals surface area contributed by atoms with Crippen LogP contribution in [-0.4, -0.2) is 42.2 Å². The Morgan fingerprint density at radius 2 is 1.85 bits per heavy atom. The van der Waals surface area contributed by atoms with E-state index in [1.165, 1.54) is 0 Å². The number of amides is 2. The molecule has 0 aliphatic carbocycles. The van der Waals surface area contributed by atoms with Gasteiger partial charge in [-0.25, -0.2) is 9.78 Å². The first kappa shape index (κ1) is 19.3. The van der Waals surface area contributed by atoms with E-state index in [4.69, 9.17) is 4.74 Å². The lowest BCUT2D eigenvalue weighted by molar-refractivity contribution is 0.252. The van der Waals surface area contributed by atoms with Crippen LogP contribution < -0.4 is 26.0 Å². The zero-order valence-corrected chi connectivity index (χ0v) is 15.4. The number of hydrogen-bond donors (Lipinski definition) is 4. The van der Waals surface area contributed by atoms with Crippen molar-refractivity contribution in [1.29, 1.82) is 0 Å². The van der Waals surface area contributed by atoms with Crippen LogP contribution in [0, 0.1) is 6.92 Å². The summed E-state index contributed by atoms with van der Waals surface area (Å²) in [5, 5.41) is 11.8. The molecular weight excluding hydrogens is 332 g/mol. The van der Waals surface area contributed by atoms with Crippen LogP contribution in [0.1, 0.15) is 19.5 Å². The predicted molar refractivity (Wildman–Crippen MR) is 104 cm³/mol. The molecule has 0 saturated heterocycles. The summed E-state index contributed by atoms with van der Waals surface area (Å²) in [5.74, 6) is 2.10. The lowest BCUT2D eigenvalue weighted by Gasteiger charge is -2.11. The zero-order valence-electron chi connectivity index (χ0n) is 15.4. The molecule has 140 valence electrons. The smallest absolute Gasteiger partial charge is 0.319 e. The standard InChI is InChI=1S/C18H26N6O2/c1-4-19-17-22-13(3)12-16(24-17)20-10-11-21-18(25)23-14-6-8-15(9-7-14)26-5-2/h6-9,12H,4-5,10-11H2,1-3H3,(H2,21,23,25)(H2,19,20,22,24). The Kier molecular flexibility index (Phi) is 7.48. The second kappa shape index (κ2) is 10.1. The number of nitrogens with zero attached hydrogens (tertiary/aromatic N) is 2. The average Bonchev–Trinajstić information content (AvgIpc) is 2.61. The number of anilines is 3. The molecule has 1 heterocycles. The number of nitrogens with one attached hydrogen (secondary N) is 4. The van der Waals surface area contributed by atoms with Gasteiger partial charge in [-0.05, 0) is 45.0 Å². The van der Waals surface area contributed by atoms with Gasteiger partial charge >= 0.3 is 6.03 Å². The van der Waals surface area contributed by atoms with E-state index in [0.717, 1.165) is 23.8 Å². The number of rotatable bonds is 9. The molecule has 0 unspecified atom stereocenters. The molecule has 0 spiro atoms. The van der Waals surface area contributed by atoms with Gasteiger partial charge in [0, 0.05) is 37.1 Å². The Bertz CT molecular complexity index is 705. The summed E-state index contributed by atoms with van der Waals surface area (Å²) >= 11 is 0. The maximum atomic E-state index is 11.9. The minimum atomic E-state index is -0.261. The van der Waals surface area contributed by atoms with Gasteiger partial charge in [0.2, 0.25) is 5.95 Å². The summed E-state index contributed by atoms with van der Waals surface area (Å²) in [4.78, 5) is 20.6. The van der Waals surface area contributed by atoms with Crippen molar-refractivity contribution in [2.45, 2.75) is 20.8 Å². The fourth-order valence-electron chi connectivity index (χ4n) is 2.24. The highest BCUT2D eigenvalue weighted by Crippen LogP contribution is 2.15. The fraction of sp³-hybridized carbons (Fsp3) is 0.389. The van der Waals surface area contributed by atoms with Gasteiger partial charge < -0.3 is 26.0 Å². The summed E-state index contributed by atoms with van der Waals surface area (Å²) in [6.07, 6.45) is 0. The number of carbonyl (C=O) groups is 1.